The maximum atomic E-state index is 13.2. The number of ether oxygens (including phenoxy) is 1. The van der Waals surface area contributed by atoms with Crippen molar-refractivity contribution in [2.75, 3.05) is 18.1 Å². The van der Waals surface area contributed by atoms with Gasteiger partial charge in [0.1, 0.15) is 5.82 Å². The van der Waals surface area contributed by atoms with Gasteiger partial charge in [-0.3, -0.25) is 4.90 Å². The Hall–Kier alpha value is -1.62. The summed E-state index contributed by atoms with van der Waals surface area (Å²) < 4.78 is 18.1. The normalized spacial score (nSPS) is 20.2. The number of nitrogens with two attached hydrogens (primary N) is 1. The minimum Gasteiger partial charge on any atom is -0.449 e. The molecule has 1 saturated heterocycles. The molecule has 2 N–H and O–H groups in total. The van der Waals surface area contributed by atoms with Gasteiger partial charge in [0.05, 0.1) is 12.3 Å². The van der Waals surface area contributed by atoms with Crippen molar-refractivity contribution in [2.24, 2.45) is 5.73 Å². The summed E-state index contributed by atoms with van der Waals surface area (Å²) in [5.41, 5.74) is 6.04. The van der Waals surface area contributed by atoms with Gasteiger partial charge in [-0.05, 0) is 31.2 Å². The monoisotopic (exact) mass is 238 g/mol. The van der Waals surface area contributed by atoms with Crippen molar-refractivity contribution in [1.82, 2.24) is 0 Å². The minimum absolute atomic E-state index is 0.0111. The second kappa shape index (κ2) is 5.14. The van der Waals surface area contributed by atoms with E-state index in [0.717, 1.165) is 6.42 Å². The largest absolute Gasteiger partial charge is 0.449 e. The van der Waals surface area contributed by atoms with Gasteiger partial charge in [-0.25, -0.2) is 9.18 Å². The first-order valence-electron chi connectivity index (χ1n) is 5.64. The van der Waals surface area contributed by atoms with Gasteiger partial charge in [-0.2, -0.15) is 0 Å². The first kappa shape index (κ1) is 11.9. The van der Waals surface area contributed by atoms with Crippen LogP contribution in [0.2, 0.25) is 0 Å². The SMILES string of the molecule is NCCC1CCOC(=O)N1c1cccc(F)c1. The molecule has 92 valence electrons. The Bertz CT molecular complexity index is 409. The smallest absolute Gasteiger partial charge is 0.414 e. The molecular formula is C12H15FN2O2. The van der Waals surface area contributed by atoms with Crippen LogP contribution in [-0.4, -0.2) is 25.3 Å². The summed E-state index contributed by atoms with van der Waals surface area (Å²) >= 11 is 0. The molecule has 0 saturated carbocycles. The number of nitrogens with zero attached hydrogens (tertiary/aromatic N) is 1. The molecule has 1 atom stereocenters. The van der Waals surface area contributed by atoms with Crippen molar-refractivity contribution in [3.05, 3.63) is 30.1 Å². The first-order valence-corrected chi connectivity index (χ1v) is 5.64. The van der Waals surface area contributed by atoms with Gasteiger partial charge in [-0.15, -0.1) is 0 Å². The van der Waals surface area contributed by atoms with Gasteiger partial charge >= 0.3 is 6.09 Å². The fourth-order valence-corrected chi connectivity index (χ4v) is 2.04. The van der Waals surface area contributed by atoms with E-state index < -0.39 is 6.09 Å². The number of amides is 1. The molecule has 2 rings (SSSR count). The zero-order chi connectivity index (χ0) is 12.3. The van der Waals surface area contributed by atoms with Crippen molar-refractivity contribution in [3.63, 3.8) is 0 Å². The molecule has 1 aliphatic heterocycles. The summed E-state index contributed by atoms with van der Waals surface area (Å²) in [6, 6.07) is 5.93. The zero-order valence-electron chi connectivity index (χ0n) is 9.43. The molecule has 1 aliphatic rings. The highest BCUT2D eigenvalue weighted by molar-refractivity contribution is 5.88. The summed E-state index contributed by atoms with van der Waals surface area (Å²) in [5, 5.41) is 0. The molecular weight excluding hydrogens is 223 g/mol. The van der Waals surface area contributed by atoms with Crippen molar-refractivity contribution in [2.45, 2.75) is 18.9 Å². The van der Waals surface area contributed by atoms with E-state index in [4.69, 9.17) is 10.5 Å². The number of rotatable bonds is 3. The summed E-state index contributed by atoms with van der Waals surface area (Å²) in [7, 11) is 0. The third-order valence-electron chi connectivity index (χ3n) is 2.82. The summed E-state index contributed by atoms with van der Waals surface area (Å²) in [5.74, 6) is -0.368. The van der Waals surface area contributed by atoms with Gasteiger partial charge in [0.2, 0.25) is 0 Å². The molecule has 4 nitrogen and oxygen atoms in total. The van der Waals surface area contributed by atoms with Crippen LogP contribution in [0.25, 0.3) is 0 Å². The maximum absolute atomic E-state index is 13.2. The number of hydrogen-bond donors (Lipinski definition) is 1. The van der Waals surface area contributed by atoms with Gasteiger partial charge in [0.15, 0.2) is 0 Å². The number of benzene rings is 1. The Morgan fingerprint density at radius 3 is 3.06 bits per heavy atom. The average molecular weight is 238 g/mol. The Morgan fingerprint density at radius 1 is 1.53 bits per heavy atom. The predicted molar refractivity (Wildman–Crippen MR) is 62.3 cm³/mol. The molecule has 1 amide bonds. The Morgan fingerprint density at radius 2 is 2.35 bits per heavy atom. The molecule has 17 heavy (non-hydrogen) atoms. The summed E-state index contributed by atoms with van der Waals surface area (Å²) in [6.45, 7) is 0.888. The molecule has 0 bridgehead atoms. The fourth-order valence-electron chi connectivity index (χ4n) is 2.04. The molecule has 1 heterocycles. The number of anilines is 1. The quantitative estimate of drug-likeness (QED) is 0.874. The summed E-state index contributed by atoms with van der Waals surface area (Å²) in [4.78, 5) is 13.2. The van der Waals surface area contributed by atoms with E-state index in [2.05, 4.69) is 0 Å². The van der Waals surface area contributed by atoms with E-state index in [0.29, 0.717) is 25.3 Å². The third kappa shape index (κ3) is 2.55. The topological polar surface area (TPSA) is 55.6 Å². The first-order chi connectivity index (χ1) is 8.22. The van der Waals surface area contributed by atoms with Crippen LogP contribution in [0.4, 0.5) is 14.9 Å². The van der Waals surface area contributed by atoms with Crippen LogP contribution in [0.15, 0.2) is 24.3 Å². The van der Waals surface area contributed by atoms with Gasteiger partial charge in [0.25, 0.3) is 0 Å². The Kier molecular flexibility index (Phi) is 3.58. The van der Waals surface area contributed by atoms with Gasteiger partial charge < -0.3 is 10.5 Å². The highest BCUT2D eigenvalue weighted by atomic mass is 19.1. The molecule has 0 aromatic heterocycles. The molecule has 0 aliphatic carbocycles. The number of carbonyl (C=O) groups is 1. The number of carbonyl (C=O) groups excluding carboxylic acids is 1. The maximum Gasteiger partial charge on any atom is 0.414 e. The van der Waals surface area contributed by atoms with Gasteiger partial charge in [-0.1, -0.05) is 6.07 Å². The molecule has 0 spiro atoms. The lowest BCUT2D eigenvalue weighted by atomic mass is 10.1. The van der Waals surface area contributed by atoms with E-state index in [1.165, 1.54) is 17.0 Å². The molecule has 1 fully saturated rings. The standard InChI is InChI=1S/C12H15FN2O2/c13-9-2-1-3-11(8-9)15-10(4-6-14)5-7-17-12(15)16/h1-3,8,10H,4-7,14H2. The minimum atomic E-state index is -0.430. The van der Waals surface area contributed by atoms with Crippen molar-refractivity contribution < 1.29 is 13.9 Å². The van der Waals surface area contributed by atoms with E-state index in [9.17, 15) is 9.18 Å². The van der Waals surface area contributed by atoms with Crippen molar-refractivity contribution in [3.8, 4) is 0 Å². The van der Waals surface area contributed by atoms with E-state index in [1.54, 1.807) is 12.1 Å². The fraction of sp³-hybridized carbons (Fsp3) is 0.417. The lowest BCUT2D eigenvalue weighted by molar-refractivity contribution is 0.128. The number of halogens is 1. The van der Waals surface area contributed by atoms with Crippen LogP contribution >= 0.6 is 0 Å². The number of hydrogen-bond acceptors (Lipinski definition) is 3. The van der Waals surface area contributed by atoms with Crippen LogP contribution in [0, 0.1) is 5.82 Å². The molecule has 1 aromatic carbocycles. The Balaban J connectivity index is 2.27. The second-order valence-corrected chi connectivity index (χ2v) is 3.98. The van der Waals surface area contributed by atoms with Crippen LogP contribution in [0.1, 0.15) is 12.8 Å². The molecule has 0 radical (unpaired) electrons. The molecule has 1 unspecified atom stereocenters. The third-order valence-corrected chi connectivity index (χ3v) is 2.82. The highest BCUT2D eigenvalue weighted by Gasteiger charge is 2.30. The van der Waals surface area contributed by atoms with Crippen LogP contribution in [0.3, 0.4) is 0 Å². The Labute approximate surface area is 99.2 Å². The van der Waals surface area contributed by atoms with Crippen LogP contribution in [-0.2, 0) is 4.74 Å². The molecule has 1 aromatic rings. The summed E-state index contributed by atoms with van der Waals surface area (Å²) in [6.07, 6.45) is 0.978. The lowest BCUT2D eigenvalue weighted by Gasteiger charge is -2.34. The van der Waals surface area contributed by atoms with E-state index >= 15 is 0 Å². The predicted octanol–water partition coefficient (Wildman–Crippen LogP) is 1.89. The number of cyclic esters (lactones) is 1. The van der Waals surface area contributed by atoms with Crippen LogP contribution < -0.4 is 10.6 Å². The highest BCUT2D eigenvalue weighted by Crippen LogP contribution is 2.25. The average Bonchev–Trinajstić information content (AvgIpc) is 2.29. The second-order valence-electron chi connectivity index (χ2n) is 3.98. The van der Waals surface area contributed by atoms with Gasteiger partial charge in [0, 0.05) is 12.5 Å². The molecule has 5 heteroatoms. The van der Waals surface area contributed by atoms with Crippen LogP contribution in [0.5, 0.6) is 0 Å². The lowest BCUT2D eigenvalue weighted by Crippen LogP contribution is -2.46. The van der Waals surface area contributed by atoms with E-state index in [-0.39, 0.29) is 11.9 Å². The zero-order valence-corrected chi connectivity index (χ0v) is 9.43. The van der Waals surface area contributed by atoms with Crippen molar-refractivity contribution >= 4 is 11.8 Å². The van der Waals surface area contributed by atoms with E-state index in [1.807, 2.05) is 0 Å². The van der Waals surface area contributed by atoms with Crippen molar-refractivity contribution in [1.29, 1.82) is 0 Å².